The van der Waals surface area contributed by atoms with E-state index in [4.69, 9.17) is 11.6 Å². The van der Waals surface area contributed by atoms with Gasteiger partial charge in [-0.2, -0.15) is 0 Å². The van der Waals surface area contributed by atoms with E-state index in [0.717, 1.165) is 36.2 Å². The third-order valence-corrected chi connectivity index (χ3v) is 4.41. The molecule has 0 aliphatic carbocycles. The first kappa shape index (κ1) is 14.4. The largest absolute Gasteiger partial charge is 0.480 e. The Labute approximate surface area is 128 Å². The minimum Gasteiger partial charge on any atom is -0.480 e. The Morgan fingerprint density at radius 1 is 1.48 bits per heavy atom. The molecule has 6 heteroatoms. The molecule has 0 saturated carbocycles. The molecule has 5 nitrogen and oxygen atoms in total. The lowest BCUT2D eigenvalue weighted by Crippen LogP contribution is -2.44. The number of aromatic nitrogens is 2. The number of benzene rings is 1. The third kappa shape index (κ3) is 2.76. The van der Waals surface area contributed by atoms with Crippen LogP contribution < -0.4 is 0 Å². The highest BCUT2D eigenvalue weighted by Crippen LogP contribution is 2.23. The van der Waals surface area contributed by atoms with Crippen LogP contribution in [0, 0.1) is 0 Å². The maximum atomic E-state index is 11.4. The molecule has 1 saturated heterocycles. The highest BCUT2D eigenvalue weighted by molar-refractivity contribution is 6.31. The maximum Gasteiger partial charge on any atom is 0.320 e. The first-order chi connectivity index (χ1) is 10.1. The molecule has 1 aliphatic heterocycles. The Balaban J connectivity index is 1.90. The van der Waals surface area contributed by atoms with Gasteiger partial charge in [0.05, 0.1) is 17.6 Å². The number of imidazole rings is 1. The van der Waals surface area contributed by atoms with Crippen molar-refractivity contribution in [2.24, 2.45) is 7.05 Å². The summed E-state index contributed by atoms with van der Waals surface area (Å²) in [6, 6.07) is 5.22. The van der Waals surface area contributed by atoms with Crippen LogP contribution in [0.4, 0.5) is 0 Å². The second kappa shape index (κ2) is 5.66. The van der Waals surface area contributed by atoms with Crippen molar-refractivity contribution in [3.8, 4) is 0 Å². The molecule has 1 atom stereocenters. The first-order valence-electron chi connectivity index (χ1n) is 7.14. The second-order valence-electron chi connectivity index (χ2n) is 5.54. The zero-order valence-corrected chi connectivity index (χ0v) is 12.7. The Kier molecular flexibility index (Phi) is 3.87. The van der Waals surface area contributed by atoms with Gasteiger partial charge in [0.25, 0.3) is 0 Å². The molecule has 0 unspecified atom stereocenters. The number of hydrogen-bond donors (Lipinski definition) is 1. The quantitative estimate of drug-likeness (QED) is 0.947. The SMILES string of the molecule is Cn1c(CN2CCCC[C@H]2C(=O)O)nc2cc(Cl)ccc21. The Morgan fingerprint density at radius 2 is 2.29 bits per heavy atom. The van der Waals surface area contributed by atoms with E-state index in [2.05, 4.69) is 4.98 Å². The fourth-order valence-electron chi connectivity index (χ4n) is 3.01. The second-order valence-corrected chi connectivity index (χ2v) is 5.98. The van der Waals surface area contributed by atoms with Crippen molar-refractivity contribution in [2.75, 3.05) is 6.54 Å². The minimum absolute atomic E-state index is 0.401. The van der Waals surface area contributed by atoms with Crippen molar-refractivity contribution in [2.45, 2.75) is 31.8 Å². The van der Waals surface area contributed by atoms with E-state index in [0.29, 0.717) is 18.0 Å². The van der Waals surface area contributed by atoms with Gasteiger partial charge in [-0.05, 0) is 37.6 Å². The molecule has 1 aromatic carbocycles. The number of fused-ring (bicyclic) bond motifs is 1. The summed E-state index contributed by atoms with van der Waals surface area (Å²) >= 11 is 6.00. The molecule has 1 aromatic heterocycles. The zero-order valence-electron chi connectivity index (χ0n) is 11.9. The van der Waals surface area contributed by atoms with E-state index in [1.807, 2.05) is 34.7 Å². The summed E-state index contributed by atoms with van der Waals surface area (Å²) in [6.07, 6.45) is 2.73. The number of carboxylic acid groups (broad SMARTS) is 1. The van der Waals surface area contributed by atoms with Gasteiger partial charge >= 0.3 is 5.97 Å². The summed E-state index contributed by atoms with van der Waals surface area (Å²) in [4.78, 5) is 18.0. The fourth-order valence-corrected chi connectivity index (χ4v) is 3.17. The van der Waals surface area contributed by atoms with Crippen LogP contribution in [0.3, 0.4) is 0 Å². The first-order valence-corrected chi connectivity index (χ1v) is 7.52. The highest BCUT2D eigenvalue weighted by atomic mass is 35.5. The molecule has 1 fully saturated rings. The van der Waals surface area contributed by atoms with E-state index in [1.165, 1.54) is 0 Å². The van der Waals surface area contributed by atoms with Gasteiger partial charge in [0.15, 0.2) is 0 Å². The molecule has 2 aromatic rings. The van der Waals surface area contributed by atoms with Crippen LogP contribution in [0.5, 0.6) is 0 Å². The number of carboxylic acids is 1. The molecule has 0 amide bonds. The van der Waals surface area contributed by atoms with Crippen LogP contribution in [0.1, 0.15) is 25.1 Å². The van der Waals surface area contributed by atoms with Crippen molar-refractivity contribution in [1.82, 2.24) is 14.5 Å². The summed E-state index contributed by atoms with van der Waals surface area (Å²) in [5.74, 6) is 0.136. The Morgan fingerprint density at radius 3 is 3.05 bits per heavy atom. The van der Waals surface area contributed by atoms with Crippen LogP contribution in [0.25, 0.3) is 11.0 Å². The number of aliphatic carboxylic acids is 1. The molecule has 21 heavy (non-hydrogen) atoms. The highest BCUT2D eigenvalue weighted by Gasteiger charge is 2.29. The number of halogens is 1. The van der Waals surface area contributed by atoms with Crippen molar-refractivity contribution < 1.29 is 9.90 Å². The van der Waals surface area contributed by atoms with Gasteiger partial charge in [-0.25, -0.2) is 4.98 Å². The smallest absolute Gasteiger partial charge is 0.320 e. The topological polar surface area (TPSA) is 58.4 Å². The molecular weight excluding hydrogens is 290 g/mol. The molecule has 112 valence electrons. The third-order valence-electron chi connectivity index (χ3n) is 4.18. The number of carbonyl (C=O) groups is 1. The van der Waals surface area contributed by atoms with E-state index in [1.54, 1.807) is 0 Å². The van der Waals surface area contributed by atoms with E-state index >= 15 is 0 Å². The molecule has 1 aliphatic rings. The number of aryl methyl sites for hydroxylation is 1. The van der Waals surface area contributed by atoms with Crippen LogP contribution >= 0.6 is 11.6 Å². The summed E-state index contributed by atoms with van der Waals surface area (Å²) in [5.41, 5.74) is 1.86. The van der Waals surface area contributed by atoms with Crippen molar-refractivity contribution in [3.63, 3.8) is 0 Å². The minimum atomic E-state index is -0.739. The molecular formula is C15H18ClN3O2. The summed E-state index contributed by atoms with van der Waals surface area (Å²) in [6.45, 7) is 1.36. The van der Waals surface area contributed by atoms with Crippen molar-refractivity contribution in [1.29, 1.82) is 0 Å². The number of rotatable bonds is 3. The van der Waals surface area contributed by atoms with E-state index in [9.17, 15) is 9.90 Å². The number of piperidine rings is 1. The van der Waals surface area contributed by atoms with Gasteiger partial charge in [0, 0.05) is 12.1 Å². The summed E-state index contributed by atoms with van der Waals surface area (Å²) in [5, 5.41) is 10.0. The number of nitrogens with zero attached hydrogens (tertiary/aromatic N) is 3. The van der Waals surface area contributed by atoms with Gasteiger partial charge in [0.2, 0.25) is 0 Å². The molecule has 3 rings (SSSR count). The average molecular weight is 308 g/mol. The van der Waals surface area contributed by atoms with Crippen LogP contribution in [-0.4, -0.2) is 38.1 Å². The zero-order chi connectivity index (χ0) is 15.0. The van der Waals surface area contributed by atoms with Crippen molar-refractivity contribution in [3.05, 3.63) is 29.0 Å². The lowest BCUT2D eigenvalue weighted by molar-refractivity contribution is -0.144. The predicted molar refractivity (Wildman–Crippen MR) is 81.4 cm³/mol. The monoisotopic (exact) mass is 307 g/mol. The molecule has 2 heterocycles. The molecule has 0 bridgehead atoms. The lowest BCUT2D eigenvalue weighted by atomic mass is 10.0. The predicted octanol–water partition coefficient (Wildman–Crippen LogP) is 2.67. The van der Waals surface area contributed by atoms with Gasteiger partial charge in [0.1, 0.15) is 11.9 Å². The van der Waals surface area contributed by atoms with Crippen LogP contribution in [-0.2, 0) is 18.4 Å². The Hall–Kier alpha value is -1.59. The van der Waals surface area contributed by atoms with E-state index in [-0.39, 0.29) is 0 Å². The van der Waals surface area contributed by atoms with Gasteiger partial charge in [-0.1, -0.05) is 18.0 Å². The normalized spacial score (nSPS) is 20.0. The molecule has 0 spiro atoms. The number of likely N-dealkylation sites (tertiary alicyclic amines) is 1. The summed E-state index contributed by atoms with van der Waals surface area (Å²) < 4.78 is 2.01. The fraction of sp³-hybridized carbons (Fsp3) is 0.467. The van der Waals surface area contributed by atoms with Gasteiger partial charge in [-0.3, -0.25) is 9.69 Å². The van der Waals surface area contributed by atoms with Crippen molar-refractivity contribution >= 4 is 28.6 Å². The Bertz CT molecular complexity index is 683. The van der Waals surface area contributed by atoms with Crippen LogP contribution in [0.2, 0.25) is 5.02 Å². The molecule has 1 N–H and O–H groups in total. The standard InChI is InChI=1S/C15H18ClN3O2/c1-18-12-6-5-10(16)8-11(12)17-14(18)9-19-7-3-2-4-13(19)15(20)21/h5-6,8,13H,2-4,7,9H2,1H3,(H,20,21)/t13-/m0/s1. The molecule has 0 radical (unpaired) electrons. The average Bonchev–Trinajstić information content (AvgIpc) is 2.75. The lowest BCUT2D eigenvalue weighted by Gasteiger charge is -2.32. The van der Waals surface area contributed by atoms with Crippen LogP contribution in [0.15, 0.2) is 18.2 Å². The summed E-state index contributed by atoms with van der Waals surface area (Å²) in [7, 11) is 1.96. The maximum absolute atomic E-state index is 11.4. The van der Waals surface area contributed by atoms with Gasteiger partial charge < -0.3 is 9.67 Å². The van der Waals surface area contributed by atoms with Gasteiger partial charge in [-0.15, -0.1) is 0 Å². The number of hydrogen-bond acceptors (Lipinski definition) is 3. The van der Waals surface area contributed by atoms with E-state index < -0.39 is 12.0 Å².